The van der Waals surface area contributed by atoms with Crippen molar-refractivity contribution in [3.8, 4) is 11.5 Å². The van der Waals surface area contributed by atoms with Gasteiger partial charge in [-0.05, 0) is 36.6 Å². The van der Waals surface area contributed by atoms with E-state index in [4.69, 9.17) is 15.2 Å². The number of nitrogens with one attached hydrogen (secondary N) is 1. The zero-order valence-electron chi connectivity index (χ0n) is 14.3. The standard InChI is InChI=1S/C19H24N2O3/c1-13(20)19(22)21-16(15-7-5-4-6-8-15)11-14-9-10-17(23-2)18(12-14)24-3/h4-10,12-13,16H,11,20H2,1-3H3,(H,21,22)/t13-,16?/m1/s1. The lowest BCUT2D eigenvalue weighted by molar-refractivity contribution is -0.122. The highest BCUT2D eigenvalue weighted by Gasteiger charge is 2.18. The van der Waals surface area contributed by atoms with Gasteiger partial charge < -0.3 is 20.5 Å². The molecule has 1 unspecified atom stereocenters. The molecule has 3 N–H and O–H groups in total. The highest BCUT2D eigenvalue weighted by molar-refractivity contribution is 5.81. The molecule has 24 heavy (non-hydrogen) atoms. The van der Waals surface area contributed by atoms with Gasteiger partial charge in [-0.1, -0.05) is 36.4 Å². The molecule has 0 spiro atoms. The van der Waals surface area contributed by atoms with Gasteiger partial charge in [0.2, 0.25) is 5.91 Å². The van der Waals surface area contributed by atoms with Crippen LogP contribution in [0.3, 0.4) is 0 Å². The molecule has 0 fully saturated rings. The van der Waals surface area contributed by atoms with E-state index in [1.54, 1.807) is 21.1 Å². The molecule has 5 heteroatoms. The van der Waals surface area contributed by atoms with Crippen LogP contribution in [0.15, 0.2) is 48.5 Å². The second-order valence-electron chi connectivity index (χ2n) is 5.65. The first-order valence-electron chi connectivity index (χ1n) is 7.87. The monoisotopic (exact) mass is 328 g/mol. The number of nitrogens with two attached hydrogens (primary N) is 1. The van der Waals surface area contributed by atoms with Crippen molar-refractivity contribution in [1.29, 1.82) is 0 Å². The molecular weight excluding hydrogens is 304 g/mol. The molecule has 0 aliphatic carbocycles. The highest BCUT2D eigenvalue weighted by atomic mass is 16.5. The summed E-state index contributed by atoms with van der Waals surface area (Å²) in [5.41, 5.74) is 7.75. The molecule has 0 aliphatic rings. The molecular formula is C19H24N2O3. The average Bonchev–Trinajstić information content (AvgIpc) is 2.61. The molecule has 1 amide bonds. The molecule has 128 valence electrons. The number of benzene rings is 2. The first-order valence-corrected chi connectivity index (χ1v) is 7.87. The van der Waals surface area contributed by atoms with Gasteiger partial charge in [0.1, 0.15) is 0 Å². The van der Waals surface area contributed by atoms with Crippen LogP contribution in [-0.4, -0.2) is 26.2 Å². The molecule has 0 saturated heterocycles. The quantitative estimate of drug-likeness (QED) is 0.819. The fourth-order valence-electron chi connectivity index (χ4n) is 2.48. The number of rotatable bonds is 7. The molecule has 2 aromatic rings. The van der Waals surface area contributed by atoms with Crippen molar-refractivity contribution < 1.29 is 14.3 Å². The summed E-state index contributed by atoms with van der Waals surface area (Å²) in [5.74, 6) is 1.17. The van der Waals surface area contributed by atoms with Crippen molar-refractivity contribution in [1.82, 2.24) is 5.32 Å². The Bertz CT molecular complexity index is 672. The molecule has 0 heterocycles. The number of hydrogen-bond acceptors (Lipinski definition) is 4. The van der Waals surface area contributed by atoms with E-state index >= 15 is 0 Å². The maximum Gasteiger partial charge on any atom is 0.237 e. The number of hydrogen-bond donors (Lipinski definition) is 2. The summed E-state index contributed by atoms with van der Waals surface area (Å²) < 4.78 is 10.6. The molecule has 0 saturated carbocycles. The minimum atomic E-state index is -0.554. The average molecular weight is 328 g/mol. The lowest BCUT2D eigenvalue weighted by atomic mass is 9.98. The lowest BCUT2D eigenvalue weighted by Crippen LogP contribution is -2.40. The van der Waals surface area contributed by atoms with Crippen LogP contribution < -0.4 is 20.5 Å². The topological polar surface area (TPSA) is 73.6 Å². The summed E-state index contributed by atoms with van der Waals surface area (Å²) in [5, 5.41) is 3.01. The van der Waals surface area contributed by atoms with Crippen LogP contribution in [0.1, 0.15) is 24.1 Å². The second-order valence-corrected chi connectivity index (χ2v) is 5.65. The fraction of sp³-hybridized carbons (Fsp3) is 0.316. The molecule has 2 rings (SSSR count). The Balaban J connectivity index is 2.26. The summed E-state index contributed by atoms with van der Waals surface area (Å²) in [7, 11) is 3.21. The van der Waals surface area contributed by atoms with Gasteiger partial charge in [-0.15, -0.1) is 0 Å². The summed E-state index contributed by atoms with van der Waals surface area (Å²) in [6, 6.07) is 14.9. The number of methoxy groups -OCH3 is 2. The van der Waals surface area contributed by atoms with Gasteiger partial charge in [0.25, 0.3) is 0 Å². The third-order valence-electron chi connectivity index (χ3n) is 3.82. The van der Waals surface area contributed by atoms with Crippen molar-refractivity contribution in [2.24, 2.45) is 5.73 Å². The van der Waals surface area contributed by atoms with Crippen LogP contribution in [0.2, 0.25) is 0 Å². The Labute approximate surface area is 142 Å². The molecule has 0 aliphatic heterocycles. The minimum absolute atomic E-state index is 0.164. The first kappa shape index (κ1) is 17.8. The van der Waals surface area contributed by atoms with E-state index in [-0.39, 0.29) is 11.9 Å². The van der Waals surface area contributed by atoms with Crippen molar-refractivity contribution >= 4 is 5.91 Å². The SMILES string of the molecule is COc1ccc(CC(NC(=O)[C@@H](C)N)c2ccccc2)cc1OC. The van der Waals surface area contributed by atoms with E-state index in [0.29, 0.717) is 17.9 Å². The summed E-state index contributed by atoms with van der Waals surface area (Å²) >= 11 is 0. The van der Waals surface area contributed by atoms with Gasteiger partial charge in [0.15, 0.2) is 11.5 Å². The van der Waals surface area contributed by atoms with E-state index in [0.717, 1.165) is 11.1 Å². The van der Waals surface area contributed by atoms with Gasteiger partial charge in [0.05, 0.1) is 26.3 Å². The normalized spacial score (nSPS) is 13.0. The van der Waals surface area contributed by atoms with Gasteiger partial charge in [-0.2, -0.15) is 0 Å². The summed E-state index contributed by atoms with van der Waals surface area (Å²) in [4.78, 5) is 12.1. The number of carbonyl (C=O) groups excluding carboxylic acids is 1. The lowest BCUT2D eigenvalue weighted by Gasteiger charge is -2.21. The maximum atomic E-state index is 12.1. The minimum Gasteiger partial charge on any atom is -0.493 e. The second kappa shape index (κ2) is 8.36. The van der Waals surface area contributed by atoms with E-state index < -0.39 is 6.04 Å². The Kier molecular flexibility index (Phi) is 6.21. The Morgan fingerprint density at radius 1 is 1.08 bits per heavy atom. The Hall–Kier alpha value is -2.53. The third-order valence-corrected chi connectivity index (χ3v) is 3.82. The van der Waals surface area contributed by atoms with Crippen molar-refractivity contribution in [3.63, 3.8) is 0 Å². The van der Waals surface area contributed by atoms with Crippen LogP contribution in [0.25, 0.3) is 0 Å². The van der Waals surface area contributed by atoms with Gasteiger partial charge in [0, 0.05) is 0 Å². The fourth-order valence-corrected chi connectivity index (χ4v) is 2.48. The van der Waals surface area contributed by atoms with Crippen LogP contribution >= 0.6 is 0 Å². The molecule has 0 bridgehead atoms. The van der Waals surface area contributed by atoms with Crippen LogP contribution in [0.5, 0.6) is 11.5 Å². The molecule has 2 atom stereocenters. The van der Waals surface area contributed by atoms with Crippen LogP contribution in [0, 0.1) is 0 Å². The van der Waals surface area contributed by atoms with E-state index in [1.165, 1.54) is 0 Å². The highest BCUT2D eigenvalue weighted by Crippen LogP contribution is 2.29. The Morgan fingerprint density at radius 2 is 1.75 bits per heavy atom. The van der Waals surface area contributed by atoms with E-state index in [1.807, 2.05) is 48.5 Å². The first-order chi connectivity index (χ1) is 11.5. The van der Waals surface area contributed by atoms with Crippen molar-refractivity contribution in [3.05, 3.63) is 59.7 Å². The van der Waals surface area contributed by atoms with Gasteiger partial charge >= 0.3 is 0 Å². The number of ether oxygens (including phenoxy) is 2. The predicted molar refractivity (Wildman–Crippen MR) is 94.2 cm³/mol. The summed E-state index contributed by atoms with van der Waals surface area (Å²) in [6.07, 6.45) is 0.628. The van der Waals surface area contributed by atoms with E-state index in [9.17, 15) is 4.79 Å². The number of amides is 1. The largest absolute Gasteiger partial charge is 0.493 e. The van der Waals surface area contributed by atoms with E-state index in [2.05, 4.69) is 5.32 Å². The molecule has 5 nitrogen and oxygen atoms in total. The van der Waals surface area contributed by atoms with Crippen molar-refractivity contribution in [2.75, 3.05) is 14.2 Å². The molecule has 0 aromatic heterocycles. The number of carbonyl (C=O) groups is 1. The van der Waals surface area contributed by atoms with Crippen LogP contribution in [0.4, 0.5) is 0 Å². The van der Waals surface area contributed by atoms with Crippen molar-refractivity contribution in [2.45, 2.75) is 25.4 Å². The zero-order valence-corrected chi connectivity index (χ0v) is 14.3. The van der Waals surface area contributed by atoms with Gasteiger partial charge in [-0.3, -0.25) is 4.79 Å². The maximum absolute atomic E-state index is 12.1. The summed E-state index contributed by atoms with van der Waals surface area (Å²) in [6.45, 7) is 1.67. The third kappa shape index (κ3) is 4.49. The predicted octanol–water partition coefficient (Wildman–Crippen LogP) is 2.45. The molecule has 2 aromatic carbocycles. The zero-order chi connectivity index (χ0) is 17.5. The van der Waals surface area contributed by atoms with Gasteiger partial charge in [-0.25, -0.2) is 0 Å². The van der Waals surface area contributed by atoms with Crippen LogP contribution in [-0.2, 0) is 11.2 Å². The Morgan fingerprint density at radius 3 is 2.33 bits per heavy atom. The molecule has 0 radical (unpaired) electrons. The smallest absolute Gasteiger partial charge is 0.237 e.